The highest BCUT2D eigenvalue weighted by Gasteiger charge is 1.91. The second kappa shape index (κ2) is 5.01. The van der Waals surface area contributed by atoms with Gasteiger partial charge in [0.25, 0.3) is 0 Å². The van der Waals surface area contributed by atoms with Crippen LogP contribution in [0.1, 0.15) is 12.8 Å². The Bertz CT molecular complexity index is 140. The van der Waals surface area contributed by atoms with Gasteiger partial charge in [-0.25, -0.2) is 4.79 Å². The lowest BCUT2D eigenvalue weighted by Crippen LogP contribution is -1.82. The molecule has 0 unspecified atom stereocenters. The van der Waals surface area contributed by atoms with Crippen molar-refractivity contribution in [2.75, 3.05) is 0 Å². The van der Waals surface area contributed by atoms with E-state index in [2.05, 4.69) is 6.58 Å². The summed E-state index contributed by atoms with van der Waals surface area (Å²) in [4.78, 5) is 19.7. The van der Waals surface area contributed by atoms with Crippen molar-refractivity contribution in [3.8, 4) is 0 Å². The minimum absolute atomic E-state index is 0.176. The first-order chi connectivity index (χ1) is 4.35. The first-order valence-electron chi connectivity index (χ1n) is 2.62. The number of aldehydes is 1. The molecule has 0 aromatic heterocycles. The molecule has 0 aliphatic heterocycles. The van der Waals surface area contributed by atoms with E-state index in [1.54, 1.807) is 12.0 Å². The SMILES string of the molecule is C=CCC(=C=O)CC=O. The molecular formula is C7H8O2. The molecule has 0 saturated heterocycles. The largest absolute Gasteiger partial charge is 0.303 e. The molecule has 0 saturated carbocycles. The molecule has 0 amide bonds. The van der Waals surface area contributed by atoms with Crippen LogP contribution in [-0.4, -0.2) is 12.2 Å². The summed E-state index contributed by atoms with van der Waals surface area (Å²) in [7, 11) is 0. The summed E-state index contributed by atoms with van der Waals surface area (Å²) in [5.74, 6) is 1.67. The average Bonchev–Trinajstić information content (AvgIpc) is 1.88. The maximum Gasteiger partial charge on any atom is 0.124 e. The Morgan fingerprint density at radius 1 is 1.56 bits per heavy atom. The number of hydrogen-bond donors (Lipinski definition) is 0. The van der Waals surface area contributed by atoms with Crippen LogP contribution < -0.4 is 0 Å². The third kappa shape index (κ3) is 3.44. The van der Waals surface area contributed by atoms with Gasteiger partial charge in [0.1, 0.15) is 12.2 Å². The van der Waals surface area contributed by atoms with Crippen LogP contribution in [-0.2, 0) is 9.59 Å². The van der Waals surface area contributed by atoms with Crippen molar-refractivity contribution in [1.82, 2.24) is 0 Å². The van der Waals surface area contributed by atoms with Gasteiger partial charge in [-0.05, 0) is 6.42 Å². The second-order valence-corrected chi connectivity index (χ2v) is 1.57. The van der Waals surface area contributed by atoms with Gasteiger partial charge in [-0.15, -0.1) is 6.58 Å². The fourth-order valence-corrected chi connectivity index (χ4v) is 0.441. The first kappa shape index (κ1) is 7.86. The van der Waals surface area contributed by atoms with Crippen LogP contribution in [0.3, 0.4) is 0 Å². The van der Waals surface area contributed by atoms with Crippen molar-refractivity contribution in [3.63, 3.8) is 0 Å². The number of carbonyl (C=O) groups is 1. The van der Waals surface area contributed by atoms with E-state index in [9.17, 15) is 9.59 Å². The Hall–Kier alpha value is -1.14. The highest BCUT2D eigenvalue weighted by Crippen LogP contribution is 1.99. The molecule has 9 heavy (non-hydrogen) atoms. The van der Waals surface area contributed by atoms with E-state index in [0.29, 0.717) is 18.3 Å². The molecule has 0 heterocycles. The maximum absolute atomic E-state index is 9.92. The average molecular weight is 124 g/mol. The Kier molecular flexibility index (Phi) is 4.37. The predicted octanol–water partition coefficient (Wildman–Crippen LogP) is 0.909. The van der Waals surface area contributed by atoms with Gasteiger partial charge in [0.15, 0.2) is 0 Å². The van der Waals surface area contributed by atoms with Crippen LogP contribution in [0.5, 0.6) is 0 Å². The van der Waals surface area contributed by atoms with Crippen molar-refractivity contribution in [3.05, 3.63) is 18.2 Å². The summed E-state index contributed by atoms with van der Waals surface area (Å²) >= 11 is 0. The van der Waals surface area contributed by atoms with Crippen molar-refractivity contribution in [1.29, 1.82) is 0 Å². The first-order valence-corrected chi connectivity index (χ1v) is 2.62. The Morgan fingerprint density at radius 3 is 2.56 bits per heavy atom. The molecule has 0 rings (SSSR count). The Labute approximate surface area is 53.9 Å². The highest BCUT2D eigenvalue weighted by molar-refractivity contribution is 5.64. The molecule has 0 N–H and O–H groups in total. The van der Waals surface area contributed by atoms with Crippen LogP contribution in [0.25, 0.3) is 0 Å². The number of carbonyl (C=O) groups excluding carboxylic acids is 2. The molecule has 0 aliphatic rings. The monoisotopic (exact) mass is 124 g/mol. The lowest BCUT2D eigenvalue weighted by molar-refractivity contribution is -0.107. The topological polar surface area (TPSA) is 34.1 Å². The fourth-order valence-electron chi connectivity index (χ4n) is 0.441. The van der Waals surface area contributed by atoms with Gasteiger partial charge in [0.2, 0.25) is 0 Å². The summed E-state index contributed by atoms with van der Waals surface area (Å²) in [5, 5.41) is 0. The molecule has 48 valence electrons. The number of hydrogen-bond acceptors (Lipinski definition) is 2. The molecule has 0 aliphatic carbocycles. The zero-order valence-electron chi connectivity index (χ0n) is 5.09. The third-order valence-electron chi connectivity index (χ3n) is 0.865. The molecule has 0 bridgehead atoms. The smallest absolute Gasteiger partial charge is 0.124 e. The summed E-state index contributed by atoms with van der Waals surface area (Å²) in [6.45, 7) is 3.42. The summed E-state index contributed by atoms with van der Waals surface area (Å²) in [6.07, 6.45) is 2.89. The predicted molar refractivity (Wildman–Crippen MR) is 34.7 cm³/mol. The zero-order chi connectivity index (χ0) is 7.11. The van der Waals surface area contributed by atoms with E-state index in [0.717, 1.165) is 0 Å². The molecule has 0 aromatic carbocycles. The normalized spacial score (nSPS) is 7.56. The summed E-state index contributed by atoms with van der Waals surface area (Å²) < 4.78 is 0. The molecular weight excluding hydrogens is 116 g/mol. The van der Waals surface area contributed by atoms with Gasteiger partial charge in [-0.3, -0.25) is 0 Å². The zero-order valence-corrected chi connectivity index (χ0v) is 5.09. The fraction of sp³-hybridized carbons (Fsp3) is 0.286. The molecule has 2 heteroatoms. The quantitative estimate of drug-likeness (QED) is 0.317. The van der Waals surface area contributed by atoms with Gasteiger partial charge in [-0.2, -0.15) is 0 Å². The van der Waals surface area contributed by atoms with Crippen LogP contribution in [0, 0.1) is 0 Å². The van der Waals surface area contributed by atoms with E-state index in [4.69, 9.17) is 0 Å². The van der Waals surface area contributed by atoms with Gasteiger partial charge in [-0.1, -0.05) is 6.08 Å². The minimum Gasteiger partial charge on any atom is -0.303 e. The number of allylic oxidation sites excluding steroid dienone is 2. The summed E-state index contributed by atoms with van der Waals surface area (Å²) in [5.41, 5.74) is 0.458. The molecule has 0 atom stereocenters. The molecule has 0 aromatic rings. The van der Waals surface area contributed by atoms with E-state index in [1.807, 2.05) is 0 Å². The maximum atomic E-state index is 9.92. The van der Waals surface area contributed by atoms with Crippen LogP contribution in [0.2, 0.25) is 0 Å². The minimum atomic E-state index is 0.176. The van der Waals surface area contributed by atoms with Crippen LogP contribution in [0.4, 0.5) is 0 Å². The van der Waals surface area contributed by atoms with Crippen LogP contribution >= 0.6 is 0 Å². The van der Waals surface area contributed by atoms with Gasteiger partial charge < -0.3 is 4.79 Å². The highest BCUT2D eigenvalue weighted by atomic mass is 16.1. The molecule has 0 fully saturated rings. The van der Waals surface area contributed by atoms with Crippen molar-refractivity contribution < 1.29 is 9.59 Å². The molecule has 2 nitrogen and oxygen atoms in total. The lowest BCUT2D eigenvalue weighted by atomic mass is 10.2. The van der Waals surface area contributed by atoms with Gasteiger partial charge in [0, 0.05) is 12.0 Å². The summed E-state index contributed by atoms with van der Waals surface area (Å²) in [6, 6.07) is 0. The lowest BCUT2D eigenvalue weighted by Gasteiger charge is -1.87. The second-order valence-electron chi connectivity index (χ2n) is 1.57. The Morgan fingerprint density at radius 2 is 2.22 bits per heavy atom. The van der Waals surface area contributed by atoms with Gasteiger partial charge in [0.05, 0.1) is 0 Å². The van der Waals surface area contributed by atoms with Crippen molar-refractivity contribution >= 4 is 12.2 Å². The van der Waals surface area contributed by atoms with E-state index < -0.39 is 0 Å². The van der Waals surface area contributed by atoms with Gasteiger partial charge >= 0.3 is 0 Å². The molecule has 0 spiro atoms. The van der Waals surface area contributed by atoms with E-state index in [1.165, 1.54) is 0 Å². The van der Waals surface area contributed by atoms with Crippen LogP contribution in [0.15, 0.2) is 18.2 Å². The number of rotatable bonds is 4. The van der Waals surface area contributed by atoms with E-state index in [-0.39, 0.29) is 6.42 Å². The standard InChI is InChI=1S/C7H8O2/c1-2-3-7(6-9)4-5-8/h2,5H,1,3-4H2. The Balaban J connectivity index is 3.83. The van der Waals surface area contributed by atoms with Crippen molar-refractivity contribution in [2.45, 2.75) is 12.8 Å². The third-order valence-corrected chi connectivity index (χ3v) is 0.865. The van der Waals surface area contributed by atoms with Crippen molar-refractivity contribution in [2.24, 2.45) is 0 Å². The molecule has 0 radical (unpaired) electrons. The van der Waals surface area contributed by atoms with E-state index >= 15 is 0 Å².